The van der Waals surface area contributed by atoms with Crippen molar-refractivity contribution < 1.29 is 24.5 Å². The summed E-state index contributed by atoms with van der Waals surface area (Å²) in [6, 6.07) is 9.85. The number of methoxy groups -OCH3 is 1. The monoisotopic (exact) mass is 423 g/mol. The van der Waals surface area contributed by atoms with Crippen molar-refractivity contribution in [1.29, 1.82) is 0 Å². The lowest BCUT2D eigenvalue weighted by molar-refractivity contribution is 0.0677. The van der Waals surface area contributed by atoms with E-state index >= 15 is 0 Å². The van der Waals surface area contributed by atoms with E-state index in [-0.39, 0.29) is 17.4 Å². The van der Waals surface area contributed by atoms with Gasteiger partial charge in [0.2, 0.25) is 0 Å². The molecule has 0 spiro atoms. The molecule has 0 bridgehead atoms. The van der Waals surface area contributed by atoms with Gasteiger partial charge in [-0.05, 0) is 43.7 Å². The summed E-state index contributed by atoms with van der Waals surface area (Å²) in [6.07, 6.45) is 0. The fraction of sp³-hybridized carbons (Fsp3) is 0.304. The molecule has 0 fully saturated rings. The molecule has 3 aromatic rings. The summed E-state index contributed by atoms with van der Waals surface area (Å²) in [4.78, 5) is 14.9. The van der Waals surface area contributed by atoms with Crippen molar-refractivity contribution >= 4 is 5.91 Å². The van der Waals surface area contributed by atoms with Gasteiger partial charge < -0.3 is 24.6 Å². The Morgan fingerprint density at radius 1 is 1.16 bits per heavy atom. The summed E-state index contributed by atoms with van der Waals surface area (Å²) in [6.45, 7) is 4.89. The van der Waals surface area contributed by atoms with Crippen LogP contribution < -0.4 is 4.74 Å². The van der Waals surface area contributed by atoms with Crippen LogP contribution in [0.25, 0.3) is 11.3 Å². The molecule has 8 nitrogen and oxygen atoms in total. The first-order valence-corrected chi connectivity index (χ1v) is 10.1. The van der Waals surface area contributed by atoms with Gasteiger partial charge in [0.05, 0.1) is 19.3 Å². The van der Waals surface area contributed by atoms with Gasteiger partial charge in [0, 0.05) is 24.8 Å². The summed E-state index contributed by atoms with van der Waals surface area (Å²) in [5, 5.41) is 27.9. The standard InChI is InChI=1S/C23H25N3O5/c1-4-31-18-12-14(6-8-17(18)28)22-19-20(15-11-13(2)5-7-16(15)27)24-25-21(19)23(29)26(22)9-10-30-3/h5-8,11-12,22,27-28H,4,9-10H2,1-3H3,(H,24,25). The molecule has 2 heterocycles. The van der Waals surface area contributed by atoms with Crippen LogP contribution in [-0.4, -0.2) is 58.1 Å². The minimum atomic E-state index is -0.480. The van der Waals surface area contributed by atoms with Crippen LogP contribution >= 0.6 is 0 Å². The Morgan fingerprint density at radius 3 is 2.68 bits per heavy atom. The molecule has 1 aliphatic heterocycles. The van der Waals surface area contributed by atoms with Crippen molar-refractivity contribution in [2.45, 2.75) is 19.9 Å². The second-order valence-electron chi connectivity index (χ2n) is 7.44. The molecule has 1 unspecified atom stereocenters. The lowest BCUT2D eigenvalue weighted by Crippen LogP contribution is -2.32. The molecule has 162 valence electrons. The number of amides is 1. The Labute approximate surface area is 180 Å². The molecule has 3 N–H and O–H groups in total. The second kappa shape index (κ2) is 8.31. The van der Waals surface area contributed by atoms with Crippen molar-refractivity contribution in [3.05, 3.63) is 58.8 Å². The van der Waals surface area contributed by atoms with Crippen molar-refractivity contribution in [1.82, 2.24) is 15.1 Å². The zero-order valence-electron chi connectivity index (χ0n) is 17.7. The van der Waals surface area contributed by atoms with E-state index in [1.165, 1.54) is 0 Å². The number of benzene rings is 2. The minimum absolute atomic E-state index is 0.0299. The van der Waals surface area contributed by atoms with Crippen molar-refractivity contribution in [2.75, 3.05) is 26.9 Å². The van der Waals surface area contributed by atoms with Gasteiger partial charge in [-0.2, -0.15) is 5.10 Å². The summed E-state index contributed by atoms with van der Waals surface area (Å²) in [7, 11) is 1.58. The number of carbonyl (C=O) groups excluding carboxylic acids is 1. The molecule has 0 radical (unpaired) electrons. The van der Waals surface area contributed by atoms with Crippen LogP contribution in [0, 0.1) is 6.92 Å². The molecule has 0 aliphatic carbocycles. The van der Waals surface area contributed by atoms with E-state index in [0.29, 0.717) is 48.0 Å². The zero-order chi connectivity index (χ0) is 22.1. The fourth-order valence-corrected chi connectivity index (χ4v) is 3.98. The summed E-state index contributed by atoms with van der Waals surface area (Å²) in [5.41, 5.74) is 3.84. The normalized spacial score (nSPS) is 15.4. The number of hydrogen-bond acceptors (Lipinski definition) is 6. The first-order chi connectivity index (χ1) is 15.0. The first kappa shape index (κ1) is 20.7. The number of carbonyl (C=O) groups is 1. The number of aryl methyl sites for hydroxylation is 1. The summed E-state index contributed by atoms with van der Waals surface area (Å²) >= 11 is 0. The van der Waals surface area contributed by atoms with Gasteiger partial charge in [-0.25, -0.2) is 0 Å². The zero-order valence-corrected chi connectivity index (χ0v) is 17.7. The third kappa shape index (κ3) is 3.59. The average Bonchev–Trinajstić information content (AvgIpc) is 3.29. The van der Waals surface area contributed by atoms with Crippen molar-refractivity contribution in [3.8, 4) is 28.5 Å². The van der Waals surface area contributed by atoms with E-state index in [0.717, 1.165) is 11.1 Å². The van der Waals surface area contributed by atoms with E-state index in [1.54, 1.807) is 36.3 Å². The quantitative estimate of drug-likeness (QED) is 0.538. The topological polar surface area (TPSA) is 108 Å². The molecular formula is C23H25N3O5. The van der Waals surface area contributed by atoms with Gasteiger partial charge in [-0.3, -0.25) is 9.89 Å². The van der Waals surface area contributed by atoms with E-state index in [1.807, 2.05) is 26.0 Å². The number of phenols is 2. The SMILES string of the molecule is CCOc1cc(C2c3c(-c4cc(C)ccc4O)n[nH]c3C(=O)N2CCOC)ccc1O. The molecule has 8 heteroatoms. The molecule has 0 saturated carbocycles. The number of nitrogens with one attached hydrogen (secondary N) is 1. The van der Waals surface area contributed by atoms with Gasteiger partial charge in [0.1, 0.15) is 17.1 Å². The van der Waals surface area contributed by atoms with Crippen LogP contribution in [0.5, 0.6) is 17.2 Å². The average molecular weight is 423 g/mol. The van der Waals surface area contributed by atoms with Gasteiger partial charge in [-0.15, -0.1) is 0 Å². The maximum Gasteiger partial charge on any atom is 0.273 e. The van der Waals surface area contributed by atoms with Gasteiger partial charge in [0.15, 0.2) is 11.5 Å². The highest BCUT2D eigenvalue weighted by atomic mass is 16.5. The largest absolute Gasteiger partial charge is 0.507 e. The van der Waals surface area contributed by atoms with Crippen LogP contribution in [0.4, 0.5) is 0 Å². The number of nitrogens with zero attached hydrogens (tertiary/aromatic N) is 2. The molecule has 4 rings (SSSR count). The molecule has 1 aromatic heterocycles. The van der Waals surface area contributed by atoms with Crippen LogP contribution in [0.3, 0.4) is 0 Å². The molecule has 1 aliphatic rings. The predicted octanol–water partition coefficient (Wildman–Crippen LogP) is 3.39. The Morgan fingerprint density at radius 2 is 1.94 bits per heavy atom. The Kier molecular flexibility index (Phi) is 5.56. The highest BCUT2D eigenvalue weighted by Crippen LogP contribution is 2.45. The second-order valence-corrected chi connectivity index (χ2v) is 7.44. The third-order valence-corrected chi connectivity index (χ3v) is 5.41. The number of ether oxygens (including phenoxy) is 2. The van der Waals surface area contributed by atoms with E-state index in [9.17, 15) is 15.0 Å². The summed E-state index contributed by atoms with van der Waals surface area (Å²) < 4.78 is 10.8. The van der Waals surface area contributed by atoms with Crippen molar-refractivity contribution in [2.24, 2.45) is 0 Å². The fourth-order valence-electron chi connectivity index (χ4n) is 3.98. The van der Waals surface area contributed by atoms with Crippen LogP contribution in [0.2, 0.25) is 0 Å². The number of aromatic nitrogens is 2. The van der Waals surface area contributed by atoms with Crippen LogP contribution in [0.15, 0.2) is 36.4 Å². The number of aromatic amines is 1. The molecule has 1 amide bonds. The highest BCUT2D eigenvalue weighted by Gasteiger charge is 2.42. The number of rotatable bonds is 7. The number of hydrogen-bond donors (Lipinski definition) is 3. The van der Waals surface area contributed by atoms with Gasteiger partial charge >= 0.3 is 0 Å². The molecule has 1 atom stereocenters. The van der Waals surface area contributed by atoms with Gasteiger partial charge in [0.25, 0.3) is 5.91 Å². The van der Waals surface area contributed by atoms with Crippen LogP contribution in [-0.2, 0) is 4.74 Å². The van der Waals surface area contributed by atoms with E-state index in [4.69, 9.17) is 9.47 Å². The molecular weight excluding hydrogens is 398 g/mol. The third-order valence-electron chi connectivity index (χ3n) is 5.41. The number of aromatic hydroxyl groups is 2. The maximum atomic E-state index is 13.2. The Balaban J connectivity index is 1.89. The lowest BCUT2D eigenvalue weighted by Gasteiger charge is -2.26. The molecule has 0 saturated heterocycles. The predicted molar refractivity (Wildman–Crippen MR) is 114 cm³/mol. The highest BCUT2D eigenvalue weighted by molar-refractivity contribution is 6.00. The first-order valence-electron chi connectivity index (χ1n) is 10.1. The van der Waals surface area contributed by atoms with E-state index in [2.05, 4.69) is 10.2 Å². The van der Waals surface area contributed by atoms with E-state index < -0.39 is 6.04 Å². The number of fused-ring (bicyclic) bond motifs is 1. The Bertz CT molecular complexity index is 1120. The number of phenolic OH excluding ortho intramolecular Hbond substituents is 2. The molecule has 31 heavy (non-hydrogen) atoms. The van der Waals surface area contributed by atoms with Crippen molar-refractivity contribution in [3.63, 3.8) is 0 Å². The van der Waals surface area contributed by atoms with Gasteiger partial charge in [-0.1, -0.05) is 17.7 Å². The molecule has 2 aromatic carbocycles. The maximum absolute atomic E-state index is 13.2. The lowest BCUT2D eigenvalue weighted by atomic mass is 9.95. The Hall–Kier alpha value is -3.52. The smallest absolute Gasteiger partial charge is 0.273 e. The summed E-state index contributed by atoms with van der Waals surface area (Å²) in [5.74, 6) is 0.259. The van der Waals surface area contributed by atoms with Crippen LogP contribution in [0.1, 0.15) is 40.1 Å². The number of H-pyrrole nitrogens is 1. The minimum Gasteiger partial charge on any atom is -0.507 e.